The minimum atomic E-state index is -0.725. The number of carbonyl (C=O) groups is 1. The molecule has 0 atom stereocenters. The Bertz CT molecular complexity index is 1680. The molecule has 0 unspecified atom stereocenters. The first kappa shape index (κ1) is 27.3. The molecule has 0 saturated carbocycles. The molecular weight excluding hydrogens is 569 g/mol. The monoisotopic (exact) mass is 592 g/mol. The summed E-state index contributed by atoms with van der Waals surface area (Å²) in [6.07, 6.45) is 3.14. The number of hydrogen-bond acceptors (Lipinski definition) is 6. The fourth-order valence-electron chi connectivity index (χ4n) is 5.09. The molecule has 6 rings (SSSR count). The van der Waals surface area contributed by atoms with Crippen molar-refractivity contribution in [2.45, 2.75) is 25.4 Å². The number of anilines is 2. The van der Waals surface area contributed by atoms with Gasteiger partial charge in [-0.1, -0.05) is 35.3 Å². The first-order valence-electron chi connectivity index (χ1n) is 13.0. The van der Waals surface area contributed by atoms with Gasteiger partial charge < -0.3 is 16.0 Å². The Kier molecular flexibility index (Phi) is 7.42. The summed E-state index contributed by atoms with van der Waals surface area (Å²) in [6, 6.07) is 13.9. The Labute approximate surface area is 245 Å². The van der Waals surface area contributed by atoms with Crippen LogP contribution in [0, 0.1) is 11.6 Å². The van der Waals surface area contributed by atoms with Gasteiger partial charge in [-0.25, -0.2) is 18.7 Å². The number of nitrogens with two attached hydrogens (primary N) is 1. The third kappa shape index (κ3) is 5.40. The highest BCUT2D eigenvalue weighted by Crippen LogP contribution is 2.35. The molecule has 0 spiro atoms. The number of hydrogen-bond donors (Lipinski definition) is 2. The third-order valence-corrected chi connectivity index (χ3v) is 7.79. The number of likely N-dealkylation sites (tertiary alicyclic amines) is 1. The number of amides is 1. The van der Waals surface area contributed by atoms with E-state index in [1.165, 1.54) is 18.2 Å². The van der Waals surface area contributed by atoms with Crippen molar-refractivity contribution in [3.05, 3.63) is 105 Å². The average Bonchev–Trinajstić information content (AvgIpc) is 3.10. The molecule has 1 amide bonds. The van der Waals surface area contributed by atoms with E-state index in [0.29, 0.717) is 56.8 Å². The normalized spacial score (nSPS) is 15.0. The average molecular weight is 593 g/mol. The van der Waals surface area contributed by atoms with Gasteiger partial charge in [0.05, 0.1) is 34.1 Å². The molecule has 0 aliphatic carbocycles. The zero-order valence-electron chi connectivity index (χ0n) is 21.7. The van der Waals surface area contributed by atoms with Crippen LogP contribution in [0.2, 0.25) is 10.0 Å². The number of halogens is 4. The summed E-state index contributed by atoms with van der Waals surface area (Å²) in [7, 11) is 0. The standard InChI is InChI=1S/C30H24Cl2F2N6O/c31-17-4-6-20-22(12-17)28(26-24(33)2-1-3-25(26)34)36-14-16-15-37-30(39-27(16)20)38-19-5-7-21(23(32)13-19)29(41)40-10-8-18(35)9-11-40/h1-7,12-13,15,18H,8-11,14,35H2,(H,37,38,39). The lowest BCUT2D eigenvalue weighted by molar-refractivity contribution is 0.0715. The summed E-state index contributed by atoms with van der Waals surface area (Å²) in [5.41, 5.74) is 9.15. The molecule has 3 N–H and O–H groups in total. The molecule has 208 valence electrons. The molecule has 2 aliphatic rings. The second-order valence-corrected chi connectivity index (χ2v) is 10.8. The number of rotatable bonds is 4. The SMILES string of the molecule is NC1CCN(C(=O)c2ccc(Nc3ncc4c(n3)-c3ccc(Cl)cc3C(c3c(F)cccc3F)=NC4)cc2Cl)CC1. The minimum Gasteiger partial charge on any atom is -0.338 e. The van der Waals surface area contributed by atoms with Crippen molar-refractivity contribution in [1.82, 2.24) is 14.9 Å². The van der Waals surface area contributed by atoms with Gasteiger partial charge in [-0.2, -0.15) is 0 Å². The van der Waals surface area contributed by atoms with Crippen LogP contribution in [-0.2, 0) is 6.54 Å². The van der Waals surface area contributed by atoms with E-state index in [4.69, 9.17) is 33.9 Å². The molecule has 0 radical (unpaired) electrons. The molecule has 11 heteroatoms. The maximum absolute atomic E-state index is 14.8. The molecule has 3 aromatic carbocycles. The maximum Gasteiger partial charge on any atom is 0.255 e. The molecule has 41 heavy (non-hydrogen) atoms. The van der Waals surface area contributed by atoms with Crippen LogP contribution in [0.5, 0.6) is 0 Å². The van der Waals surface area contributed by atoms with Gasteiger partial charge >= 0.3 is 0 Å². The van der Waals surface area contributed by atoms with Crippen molar-refractivity contribution in [1.29, 1.82) is 0 Å². The zero-order valence-corrected chi connectivity index (χ0v) is 23.2. The van der Waals surface area contributed by atoms with Crippen molar-refractivity contribution >= 4 is 46.5 Å². The number of benzene rings is 3. The number of fused-ring (bicyclic) bond motifs is 3. The number of piperidine rings is 1. The quantitative estimate of drug-likeness (QED) is 0.286. The van der Waals surface area contributed by atoms with Crippen molar-refractivity contribution in [2.24, 2.45) is 10.7 Å². The van der Waals surface area contributed by atoms with Crippen LogP contribution in [-0.4, -0.2) is 45.6 Å². The Morgan fingerprint density at radius 2 is 1.76 bits per heavy atom. The molecule has 1 fully saturated rings. The Balaban J connectivity index is 1.31. The lowest BCUT2D eigenvalue weighted by Gasteiger charge is -2.30. The van der Waals surface area contributed by atoms with Gasteiger partial charge in [-0.15, -0.1) is 0 Å². The van der Waals surface area contributed by atoms with E-state index >= 15 is 0 Å². The predicted octanol–water partition coefficient (Wildman–Crippen LogP) is 6.39. The summed E-state index contributed by atoms with van der Waals surface area (Å²) < 4.78 is 29.6. The summed E-state index contributed by atoms with van der Waals surface area (Å²) in [5.74, 6) is -1.31. The van der Waals surface area contributed by atoms with Crippen molar-refractivity contribution in [3.8, 4) is 11.3 Å². The first-order chi connectivity index (χ1) is 19.8. The molecule has 4 aromatic rings. The molecule has 2 aliphatic heterocycles. The van der Waals surface area contributed by atoms with Crippen LogP contribution in [0.4, 0.5) is 20.4 Å². The van der Waals surface area contributed by atoms with Gasteiger partial charge in [0, 0.05) is 52.7 Å². The molecule has 0 bridgehead atoms. The van der Waals surface area contributed by atoms with Crippen LogP contribution in [0.25, 0.3) is 11.3 Å². The maximum atomic E-state index is 14.8. The first-order valence-corrected chi connectivity index (χ1v) is 13.8. The minimum absolute atomic E-state index is 0.106. The summed E-state index contributed by atoms with van der Waals surface area (Å²) in [6.45, 7) is 1.30. The highest BCUT2D eigenvalue weighted by atomic mass is 35.5. The number of nitrogens with zero attached hydrogens (tertiary/aromatic N) is 4. The fourth-order valence-corrected chi connectivity index (χ4v) is 5.52. The van der Waals surface area contributed by atoms with Crippen LogP contribution in [0.15, 0.2) is 65.8 Å². The second kappa shape index (κ2) is 11.2. The second-order valence-electron chi connectivity index (χ2n) is 9.97. The van der Waals surface area contributed by atoms with E-state index < -0.39 is 11.6 Å². The van der Waals surface area contributed by atoms with Crippen molar-refractivity contribution < 1.29 is 13.6 Å². The van der Waals surface area contributed by atoms with E-state index in [9.17, 15) is 13.6 Å². The van der Waals surface area contributed by atoms with E-state index in [2.05, 4.69) is 15.3 Å². The van der Waals surface area contributed by atoms with Gasteiger partial charge in [-0.05, 0) is 55.3 Å². The van der Waals surface area contributed by atoms with Gasteiger partial charge in [0.25, 0.3) is 5.91 Å². The summed E-state index contributed by atoms with van der Waals surface area (Å²) in [4.78, 5) is 28.5. The van der Waals surface area contributed by atoms with Crippen LogP contribution >= 0.6 is 23.2 Å². The Morgan fingerprint density at radius 3 is 2.49 bits per heavy atom. The van der Waals surface area contributed by atoms with Gasteiger partial charge in [0.1, 0.15) is 11.6 Å². The largest absolute Gasteiger partial charge is 0.338 e. The fraction of sp³-hybridized carbons (Fsp3) is 0.200. The van der Waals surface area contributed by atoms with Gasteiger partial charge in [0.15, 0.2) is 0 Å². The molecule has 1 saturated heterocycles. The third-order valence-electron chi connectivity index (χ3n) is 7.25. The number of aromatic nitrogens is 2. The van der Waals surface area contributed by atoms with E-state index in [1.807, 2.05) is 0 Å². The molecule has 7 nitrogen and oxygen atoms in total. The van der Waals surface area contributed by atoms with E-state index in [-0.39, 0.29) is 35.7 Å². The Hall–Kier alpha value is -3.92. The zero-order chi connectivity index (χ0) is 28.7. The smallest absolute Gasteiger partial charge is 0.255 e. The van der Waals surface area contributed by atoms with E-state index in [0.717, 1.165) is 12.8 Å². The van der Waals surface area contributed by atoms with Crippen molar-refractivity contribution in [2.75, 3.05) is 18.4 Å². The van der Waals surface area contributed by atoms with Crippen LogP contribution < -0.4 is 11.1 Å². The van der Waals surface area contributed by atoms with Crippen molar-refractivity contribution in [3.63, 3.8) is 0 Å². The topological polar surface area (TPSA) is 96.5 Å². The molecular formula is C30H24Cl2F2N6O. The molecule has 1 aromatic heterocycles. The number of aliphatic imine (C=N–C) groups is 1. The highest BCUT2D eigenvalue weighted by Gasteiger charge is 2.26. The van der Waals surface area contributed by atoms with E-state index in [1.54, 1.807) is 47.5 Å². The number of carbonyl (C=O) groups excluding carboxylic acids is 1. The predicted molar refractivity (Wildman–Crippen MR) is 156 cm³/mol. The van der Waals surface area contributed by atoms with Crippen LogP contribution in [0.1, 0.15) is 39.9 Å². The van der Waals surface area contributed by atoms with Gasteiger partial charge in [-0.3, -0.25) is 9.79 Å². The lowest BCUT2D eigenvalue weighted by atomic mass is 9.95. The summed E-state index contributed by atoms with van der Waals surface area (Å²) in [5, 5.41) is 3.83. The number of nitrogens with one attached hydrogen (secondary N) is 1. The highest BCUT2D eigenvalue weighted by molar-refractivity contribution is 6.34. The molecule has 3 heterocycles. The lowest BCUT2D eigenvalue weighted by Crippen LogP contribution is -2.42. The van der Waals surface area contributed by atoms with Gasteiger partial charge in [0.2, 0.25) is 5.95 Å². The Morgan fingerprint density at radius 1 is 1.00 bits per heavy atom. The summed E-state index contributed by atoms with van der Waals surface area (Å²) >= 11 is 12.8. The van der Waals surface area contributed by atoms with Crippen LogP contribution in [0.3, 0.4) is 0 Å².